The highest BCUT2D eigenvalue weighted by Crippen LogP contribution is 2.42. The number of carbonyl (C=O) groups is 1. The Kier molecular flexibility index (Phi) is 4.35. The second-order valence-corrected chi connectivity index (χ2v) is 9.30. The lowest BCUT2D eigenvalue weighted by molar-refractivity contribution is -0.135. The zero-order chi connectivity index (χ0) is 19.2. The molecule has 0 radical (unpaired) electrons. The van der Waals surface area contributed by atoms with Crippen molar-refractivity contribution in [2.24, 2.45) is 5.41 Å². The third-order valence-corrected chi connectivity index (χ3v) is 7.48. The SMILES string of the molecule is CCCN1CCC2(CCN(S(=O)(=O)c3ccc4oc(=O)ccc4c3)C2)C1=O. The van der Waals surface area contributed by atoms with Gasteiger partial charge in [-0.3, -0.25) is 4.79 Å². The number of amides is 1. The van der Waals surface area contributed by atoms with Gasteiger partial charge in [-0.1, -0.05) is 6.92 Å². The summed E-state index contributed by atoms with van der Waals surface area (Å²) in [5.74, 6) is 0.0855. The van der Waals surface area contributed by atoms with Crippen LogP contribution in [0.1, 0.15) is 26.2 Å². The highest BCUT2D eigenvalue weighted by atomic mass is 32.2. The van der Waals surface area contributed by atoms with Crippen LogP contribution in [-0.4, -0.2) is 49.7 Å². The number of rotatable bonds is 4. The van der Waals surface area contributed by atoms with Crippen molar-refractivity contribution in [1.29, 1.82) is 0 Å². The Balaban J connectivity index is 1.61. The van der Waals surface area contributed by atoms with Gasteiger partial charge in [0.05, 0.1) is 10.3 Å². The Bertz CT molecular complexity index is 1060. The number of benzene rings is 1. The summed E-state index contributed by atoms with van der Waals surface area (Å²) in [6.45, 7) is 4.04. The molecule has 7 nitrogen and oxygen atoms in total. The standard InChI is InChI=1S/C19H22N2O5S/c1-2-9-20-10-7-19(18(20)23)8-11-21(13-19)27(24,25)15-4-5-16-14(12-15)3-6-17(22)26-16/h3-6,12H,2,7-11,13H2,1H3. The van der Waals surface area contributed by atoms with Crippen molar-refractivity contribution in [3.05, 3.63) is 40.8 Å². The Hall–Kier alpha value is -2.19. The van der Waals surface area contributed by atoms with Crippen LogP contribution in [0.15, 0.2) is 44.4 Å². The lowest BCUT2D eigenvalue weighted by Crippen LogP contribution is -2.38. The van der Waals surface area contributed by atoms with Crippen LogP contribution in [0, 0.1) is 5.41 Å². The summed E-state index contributed by atoms with van der Waals surface area (Å²) in [4.78, 5) is 26.1. The minimum atomic E-state index is -3.71. The fourth-order valence-corrected chi connectivity index (χ4v) is 5.72. The Morgan fingerprint density at radius 1 is 1.11 bits per heavy atom. The normalized spacial score (nSPS) is 23.7. The molecule has 2 saturated heterocycles. The zero-order valence-electron chi connectivity index (χ0n) is 15.2. The molecular formula is C19H22N2O5S. The smallest absolute Gasteiger partial charge is 0.336 e. The average molecular weight is 390 g/mol. The lowest BCUT2D eigenvalue weighted by atomic mass is 9.86. The van der Waals surface area contributed by atoms with Crippen molar-refractivity contribution in [2.75, 3.05) is 26.2 Å². The van der Waals surface area contributed by atoms with Crippen LogP contribution in [0.3, 0.4) is 0 Å². The van der Waals surface area contributed by atoms with Gasteiger partial charge < -0.3 is 9.32 Å². The summed E-state index contributed by atoms with van der Waals surface area (Å²) in [7, 11) is -3.71. The molecule has 1 atom stereocenters. The van der Waals surface area contributed by atoms with Crippen molar-refractivity contribution in [3.8, 4) is 0 Å². The molecule has 2 fully saturated rings. The number of likely N-dealkylation sites (tertiary alicyclic amines) is 1. The fourth-order valence-electron chi connectivity index (χ4n) is 4.15. The monoisotopic (exact) mass is 390 g/mol. The zero-order valence-corrected chi connectivity index (χ0v) is 16.0. The minimum Gasteiger partial charge on any atom is -0.423 e. The van der Waals surface area contributed by atoms with Gasteiger partial charge in [0.25, 0.3) is 0 Å². The largest absolute Gasteiger partial charge is 0.423 e. The molecule has 0 saturated carbocycles. The van der Waals surface area contributed by atoms with Crippen LogP contribution >= 0.6 is 0 Å². The molecule has 0 N–H and O–H groups in total. The number of sulfonamides is 1. The molecule has 0 aliphatic carbocycles. The second kappa shape index (κ2) is 6.45. The summed E-state index contributed by atoms with van der Waals surface area (Å²) < 4.78 is 32.7. The lowest BCUT2D eigenvalue weighted by Gasteiger charge is -2.23. The first-order valence-electron chi connectivity index (χ1n) is 9.19. The quantitative estimate of drug-likeness (QED) is 0.743. The van der Waals surface area contributed by atoms with E-state index in [-0.39, 0.29) is 17.3 Å². The summed E-state index contributed by atoms with van der Waals surface area (Å²) in [6.07, 6.45) is 2.17. The first-order chi connectivity index (χ1) is 12.9. The number of carbonyl (C=O) groups excluding carboxylic acids is 1. The molecule has 2 aliphatic heterocycles. The van der Waals surface area contributed by atoms with E-state index in [4.69, 9.17) is 4.42 Å². The molecule has 27 heavy (non-hydrogen) atoms. The van der Waals surface area contributed by atoms with Gasteiger partial charge in [0.1, 0.15) is 5.58 Å². The van der Waals surface area contributed by atoms with Crippen LogP contribution < -0.4 is 5.63 Å². The van der Waals surface area contributed by atoms with Gasteiger partial charge in [-0.2, -0.15) is 4.31 Å². The molecule has 1 aromatic heterocycles. The van der Waals surface area contributed by atoms with E-state index >= 15 is 0 Å². The molecule has 2 aromatic rings. The van der Waals surface area contributed by atoms with Gasteiger partial charge in [-0.05, 0) is 43.5 Å². The average Bonchev–Trinajstić information content (AvgIpc) is 3.22. The molecule has 4 rings (SSSR count). The number of fused-ring (bicyclic) bond motifs is 1. The molecule has 1 amide bonds. The van der Waals surface area contributed by atoms with Crippen LogP contribution in [0.5, 0.6) is 0 Å². The predicted molar refractivity (Wildman–Crippen MR) is 99.8 cm³/mol. The molecule has 3 heterocycles. The van der Waals surface area contributed by atoms with Gasteiger partial charge in [0.2, 0.25) is 15.9 Å². The van der Waals surface area contributed by atoms with E-state index in [0.717, 1.165) is 13.0 Å². The van der Waals surface area contributed by atoms with Crippen LogP contribution in [-0.2, 0) is 14.8 Å². The van der Waals surface area contributed by atoms with Gasteiger partial charge in [0, 0.05) is 37.6 Å². The van der Waals surface area contributed by atoms with Gasteiger partial charge in [-0.25, -0.2) is 13.2 Å². The number of nitrogens with zero attached hydrogens (tertiary/aromatic N) is 2. The van der Waals surface area contributed by atoms with Gasteiger partial charge >= 0.3 is 5.63 Å². The van der Waals surface area contributed by atoms with Crippen LogP contribution in [0.4, 0.5) is 0 Å². The summed E-state index contributed by atoms with van der Waals surface area (Å²) >= 11 is 0. The molecule has 2 aliphatic rings. The summed E-state index contributed by atoms with van der Waals surface area (Å²) in [5.41, 5.74) is -0.706. The molecule has 1 aromatic carbocycles. The third kappa shape index (κ3) is 2.96. The molecule has 1 spiro atoms. The van der Waals surface area contributed by atoms with E-state index in [1.807, 2.05) is 11.8 Å². The van der Waals surface area contributed by atoms with Crippen molar-refractivity contribution in [1.82, 2.24) is 9.21 Å². The van der Waals surface area contributed by atoms with E-state index in [9.17, 15) is 18.0 Å². The summed E-state index contributed by atoms with van der Waals surface area (Å²) in [5, 5.41) is 0.552. The topological polar surface area (TPSA) is 87.9 Å². The van der Waals surface area contributed by atoms with Crippen molar-refractivity contribution in [2.45, 2.75) is 31.1 Å². The van der Waals surface area contributed by atoms with Gasteiger partial charge in [-0.15, -0.1) is 0 Å². The highest BCUT2D eigenvalue weighted by Gasteiger charge is 2.52. The Labute approximate surface area is 157 Å². The molecule has 8 heteroatoms. The molecule has 1 unspecified atom stereocenters. The predicted octanol–water partition coefficient (Wildman–Crippen LogP) is 1.82. The second-order valence-electron chi connectivity index (χ2n) is 7.37. The Morgan fingerprint density at radius 2 is 1.89 bits per heavy atom. The first kappa shape index (κ1) is 18.2. The maximum absolute atomic E-state index is 13.1. The Morgan fingerprint density at radius 3 is 2.67 bits per heavy atom. The van der Waals surface area contributed by atoms with Crippen LogP contribution in [0.2, 0.25) is 0 Å². The minimum absolute atomic E-state index is 0.0855. The maximum atomic E-state index is 13.1. The van der Waals surface area contributed by atoms with Crippen molar-refractivity contribution >= 4 is 26.9 Å². The van der Waals surface area contributed by atoms with E-state index in [1.54, 1.807) is 6.07 Å². The highest BCUT2D eigenvalue weighted by molar-refractivity contribution is 7.89. The van der Waals surface area contributed by atoms with E-state index in [1.165, 1.54) is 28.6 Å². The fraction of sp³-hybridized carbons (Fsp3) is 0.474. The first-order valence-corrected chi connectivity index (χ1v) is 10.6. The third-order valence-electron chi connectivity index (χ3n) is 5.64. The molecule has 0 bridgehead atoms. The van der Waals surface area contributed by atoms with Crippen LogP contribution in [0.25, 0.3) is 11.0 Å². The number of hydrogen-bond donors (Lipinski definition) is 0. The number of hydrogen-bond acceptors (Lipinski definition) is 5. The van der Waals surface area contributed by atoms with E-state index in [0.29, 0.717) is 36.9 Å². The van der Waals surface area contributed by atoms with E-state index in [2.05, 4.69) is 0 Å². The van der Waals surface area contributed by atoms with Crippen molar-refractivity contribution < 1.29 is 17.6 Å². The molecule has 144 valence electrons. The molecular weight excluding hydrogens is 368 g/mol. The van der Waals surface area contributed by atoms with Crippen molar-refractivity contribution in [3.63, 3.8) is 0 Å². The van der Waals surface area contributed by atoms with Gasteiger partial charge in [0.15, 0.2) is 0 Å². The maximum Gasteiger partial charge on any atom is 0.336 e. The van der Waals surface area contributed by atoms with E-state index < -0.39 is 21.1 Å². The summed E-state index contributed by atoms with van der Waals surface area (Å²) in [6, 6.07) is 7.28.